The van der Waals surface area contributed by atoms with Crippen LogP contribution in [0.3, 0.4) is 0 Å². The van der Waals surface area contributed by atoms with Crippen molar-refractivity contribution >= 4 is 37.9 Å². The van der Waals surface area contributed by atoms with E-state index in [9.17, 15) is 0 Å². The second-order valence-electron chi connectivity index (χ2n) is 5.89. The fraction of sp³-hybridized carbons (Fsp3) is 0. The summed E-state index contributed by atoms with van der Waals surface area (Å²) in [6.45, 7) is 0. The third-order valence-corrected chi connectivity index (χ3v) is 4.64. The van der Waals surface area contributed by atoms with Gasteiger partial charge in [0, 0.05) is 21.9 Å². The molecule has 5 aromatic rings. The normalized spacial score (nSPS) is 11.3. The zero-order valence-corrected chi connectivity index (χ0v) is 15.1. The van der Waals surface area contributed by atoms with Gasteiger partial charge in [-0.2, -0.15) is 0 Å². The van der Waals surface area contributed by atoms with Crippen molar-refractivity contribution in [3.63, 3.8) is 0 Å². The fourth-order valence-electron chi connectivity index (χ4n) is 3.15. The third kappa shape index (κ3) is 2.48. The van der Waals surface area contributed by atoms with Crippen molar-refractivity contribution in [3.05, 3.63) is 77.5 Å². The van der Waals surface area contributed by atoms with Gasteiger partial charge in [-0.3, -0.25) is 0 Å². The van der Waals surface area contributed by atoms with Crippen molar-refractivity contribution in [1.29, 1.82) is 0 Å². The molecular formula is C21H12BrN3O. The van der Waals surface area contributed by atoms with E-state index >= 15 is 0 Å². The number of rotatable bonds is 2. The summed E-state index contributed by atoms with van der Waals surface area (Å²) in [5.74, 6) is 1.25. The second kappa shape index (κ2) is 6.04. The number of furan rings is 1. The van der Waals surface area contributed by atoms with E-state index < -0.39 is 0 Å². The minimum Gasteiger partial charge on any atom is -0.456 e. The number of halogens is 1. The van der Waals surface area contributed by atoms with Gasteiger partial charge in [0.1, 0.15) is 11.2 Å². The van der Waals surface area contributed by atoms with Crippen LogP contribution in [0.25, 0.3) is 44.7 Å². The van der Waals surface area contributed by atoms with E-state index in [-0.39, 0.29) is 0 Å². The van der Waals surface area contributed by atoms with Gasteiger partial charge in [-0.25, -0.2) is 15.0 Å². The Balaban J connectivity index is 1.80. The highest BCUT2D eigenvalue weighted by atomic mass is 79.9. The molecule has 0 N–H and O–H groups in total. The van der Waals surface area contributed by atoms with E-state index in [0.717, 1.165) is 33.1 Å². The molecule has 26 heavy (non-hydrogen) atoms. The van der Waals surface area contributed by atoms with E-state index in [4.69, 9.17) is 9.40 Å². The molecule has 3 aromatic carbocycles. The maximum absolute atomic E-state index is 5.98. The molecule has 4 nitrogen and oxygen atoms in total. The van der Waals surface area contributed by atoms with Gasteiger partial charge >= 0.3 is 0 Å². The van der Waals surface area contributed by atoms with Crippen LogP contribution in [0.5, 0.6) is 0 Å². The molecule has 0 spiro atoms. The minimum absolute atomic E-state index is 0.506. The lowest BCUT2D eigenvalue weighted by Crippen LogP contribution is -1.97. The predicted octanol–water partition coefficient (Wildman–Crippen LogP) is 5.87. The molecule has 0 fully saturated rings. The van der Waals surface area contributed by atoms with E-state index in [1.165, 1.54) is 0 Å². The van der Waals surface area contributed by atoms with Crippen LogP contribution in [-0.2, 0) is 0 Å². The van der Waals surface area contributed by atoms with Gasteiger partial charge in [0.15, 0.2) is 11.6 Å². The number of aromatic nitrogens is 3. The Kier molecular flexibility index (Phi) is 3.53. The molecular weight excluding hydrogens is 390 g/mol. The lowest BCUT2D eigenvalue weighted by Gasteiger charge is -2.06. The first kappa shape index (κ1) is 15.2. The Bertz CT molecular complexity index is 1250. The predicted molar refractivity (Wildman–Crippen MR) is 106 cm³/mol. The van der Waals surface area contributed by atoms with Gasteiger partial charge in [0.05, 0.1) is 0 Å². The standard InChI is InChI=1S/C21H12BrN3O/c22-21-24-19(13-7-2-1-3-8-13)23-20(25-21)15-10-6-12-17-18(15)14-9-4-5-11-16(14)26-17/h1-12H. The first-order valence-electron chi connectivity index (χ1n) is 8.17. The summed E-state index contributed by atoms with van der Waals surface area (Å²) in [4.78, 5) is 13.7. The van der Waals surface area contributed by atoms with E-state index in [2.05, 4.69) is 32.0 Å². The molecule has 5 rings (SSSR count). The smallest absolute Gasteiger partial charge is 0.200 e. The van der Waals surface area contributed by atoms with Crippen molar-refractivity contribution in [2.45, 2.75) is 0 Å². The van der Waals surface area contributed by atoms with E-state index in [0.29, 0.717) is 16.4 Å². The fourth-order valence-corrected chi connectivity index (χ4v) is 3.48. The Morgan fingerprint density at radius 2 is 1.38 bits per heavy atom. The van der Waals surface area contributed by atoms with Crippen molar-refractivity contribution in [2.24, 2.45) is 0 Å². The van der Waals surface area contributed by atoms with Gasteiger partial charge in [0.2, 0.25) is 4.73 Å². The quantitative estimate of drug-likeness (QED) is 0.371. The number of para-hydroxylation sites is 1. The van der Waals surface area contributed by atoms with Crippen molar-refractivity contribution in [2.75, 3.05) is 0 Å². The van der Waals surface area contributed by atoms with E-state index in [1.54, 1.807) is 0 Å². The van der Waals surface area contributed by atoms with Crippen LogP contribution in [0.4, 0.5) is 0 Å². The summed E-state index contributed by atoms with van der Waals surface area (Å²) in [6, 6.07) is 23.8. The minimum atomic E-state index is 0.506. The lowest BCUT2D eigenvalue weighted by molar-refractivity contribution is 0.669. The highest BCUT2D eigenvalue weighted by Crippen LogP contribution is 2.35. The number of hydrogen-bond acceptors (Lipinski definition) is 4. The van der Waals surface area contributed by atoms with E-state index in [1.807, 2.05) is 66.7 Å². The summed E-state index contributed by atoms with van der Waals surface area (Å²) in [5.41, 5.74) is 3.54. The zero-order chi connectivity index (χ0) is 17.5. The summed E-state index contributed by atoms with van der Waals surface area (Å²) in [6.07, 6.45) is 0. The molecule has 2 heterocycles. The molecule has 0 saturated carbocycles. The van der Waals surface area contributed by atoms with Gasteiger partial charge in [-0.15, -0.1) is 0 Å². The van der Waals surface area contributed by atoms with Crippen molar-refractivity contribution < 1.29 is 4.42 Å². The average Bonchev–Trinajstić information content (AvgIpc) is 3.07. The summed E-state index contributed by atoms with van der Waals surface area (Å²) in [5, 5.41) is 2.07. The maximum Gasteiger partial charge on any atom is 0.200 e. The molecule has 0 radical (unpaired) electrons. The summed E-state index contributed by atoms with van der Waals surface area (Å²) >= 11 is 3.43. The molecule has 0 amide bonds. The first-order valence-corrected chi connectivity index (χ1v) is 8.96. The Morgan fingerprint density at radius 3 is 2.27 bits per heavy atom. The van der Waals surface area contributed by atoms with Crippen LogP contribution >= 0.6 is 15.9 Å². The topological polar surface area (TPSA) is 51.8 Å². The molecule has 0 bridgehead atoms. The summed E-state index contributed by atoms with van der Waals surface area (Å²) < 4.78 is 6.48. The second-order valence-corrected chi connectivity index (χ2v) is 6.60. The van der Waals surface area contributed by atoms with Gasteiger partial charge in [-0.1, -0.05) is 60.7 Å². The molecule has 124 valence electrons. The van der Waals surface area contributed by atoms with Crippen LogP contribution in [0, 0.1) is 0 Å². The van der Waals surface area contributed by atoms with Crippen LogP contribution in [0.15, 0.2) is 81.9 Å². The SMILES string of the molecule is Brc1nc(-c2ccccc2)nc(-c2cccc3oc4ccccc4c23)n1. The van der Waals surface area contributed by atoms with Crippen LogP contribution < -0.4 is 0 Å². The molecule has 0 aliphatic heterocycles. The molecule has 0 saturated heterocycles. The Hall–Kier alpha value is -3.05. The van der Waals surface area contributed by atoms with Crippen LogP contribution in [0.2, 0.25) is 0 Å². The average molecular weight is 402 g/mol. The van der Waals surface area contributed by atoms with Crippen LogP contribution in [-0.4, -0.2) is 15.0 Å². The zero-order valence-electron chi connectivity index (χ0n) is 13.6. The monoisotopic (exact) mass is 401 g/mol. The number of hydrogen-bond donors (Lipinski definition) is 0. The van der Waals surface area contributed by atoms with Gasteiger partial charge < -0.3 is 4.42 Å². The molecule has 5 heteroatoms. The number of fused-ring (bicyclic) bond motifs is 3. The highest BCUT2D eigenvalue weighted by molar-refractivity contribution is 9.10. The molecule has 0 aliphatic rings. The van der Waals surface area contributed by atoms with Crippen molar-refractivity contribution in [1.82, 2.24) is 15.0 Å². The third-order valence-electron chi connectivity index (χ3n) is 4.28. The molecule has 0 atom stereocenters. The van der Waals surface area contributed by atoms with Crippen LogP contribution in [0.1, 0.15) is 0 Å². The molecule has 0 aliphatic carbocycles. The van der Waals surface area contributed by atoms with Gasteiger partial charge in [-0.05, 0) is 28.1 Å². The maximum atomic E-state index is 5.98. The Morgan fingerprint density at radius 1 is 0.654 bits per heavy atom. The van der Waals surface area contributed by atoms with Gasteiger partial charge in [0.25, 0.3) is 0 Å². The molecule has 2 aromatic heterocycles. The number of benzene rings is 3. The largest absolute Gasteiger partial charge is 0.456 e. The molecule has 0 unspecified atom stereocenters. The van der Waals surface area contributed by atoms with Crippen molar-refractivity contribution in [3.8, 4) is 22.8 Å². The first-order chi connectivity index (χ1) is 12.8. The summed E-state index contributed by atoms with van der Waals surface area (Å²) in [7, 11) is 0. The highest BCUT2D eigenvalue weighted by Gasteiger charge is 2.15. The lowest BCUT2D eigenvalue weighted by atomic mass is 10.1. The Labute approximate surface area is 157 Å². The number of nitrogens with zero attached hydrogens (tertiary/aromatic N) is 3.